The monoisotopic (exact) mass is 1010 g/mol. The molecule has 0 saturated carbocycles. The van der Waals surface area contributed by atoms with Gasteiger partial charge in [0.2, 0.25) is 11.8 Å². The molecule has 382 valence electrons. The number of aromatic hydroxyl groups is 1. The number of aliphatic hydroxyl groups excluding tert-OH is 1. The van der Waals surface area contributed by atoms with Crippen LogP contribution in [0.1, 0.15) is 93.0 Å². The lowest BCUT2D eigenvalue weighted by atomic mass is 9.88. The van der Waals surface area contributed by atoms with E-state index in [0.29, 0.717) is 55.5 Å². The third-order valence-electron chi connectivity index (χ3n) is 13.5. The number of hydrogen-bond acceptors (Lipinski definition) is 13. The molecule has 2 aliphatic heterocycles. The van der Waals surface area contributed by atoms with Gasteiger partial charge in [-0.2, -0.15) is 0 Å². The second-order valence-electron chi connectivity index (χ2n) is 18.9. The molecule has 3 N–H and O–H groups in total. The fourth-order valence-corrected chi connectivity index (χ4v) is 10.2. The van der Waals surface area contributed by atoms with Crippen LogP contribution in [0.4, 0.5) is 0 Å². The molecule has 0 spiro atoms. The third kappa shape index (κ3) is 12.2. The molecule has 2 aromatic heterocycles. The number of likely N-dealkylation sites (tertiary alicyclic amines) is 1. The summed E-state index contributed by atoms with van der Waals surface area (Å²) in [7, 11) is 1.76. The second-order valence-corrected chi connectivity index (χ2v) is 19.8. The first-order chi connectivity index (χ1) is 35.2. The van der Waals surface area contributed by atoms with E-state index in [9.17, 15) is 24.6 Å². The Kier molecular flexibility index (Phi) is 16.9. The summed E-state index contributed by atoms with van der Waals surface area (Å²) in [5.74, 6) is 0.220. The van der Waals surface area contributed by atoms with Crippen molar-refractivity contribution >= 4 is 46.0 Å². The first-order valence-electron chi connectivity index (χ1n) is 24.9. The number of benzene rings is 4. The molecule has 15 nitrogen and oxygen atoms in total. The van der Waals surface area contributed by atoms with Crippen LogP contribution in [0.15, 0.2) is 124 Å². The minimum atomic E-state index is -1.22. The van der Waals surface area contributed by atoms with Crippen LogP contribution in [0.2, 0.25) is 0 Å². The molecular formula is C57H64N6O9S. The third-order valence-corrected chi connectivity index (χ3v) is 14.4. The number of likely N-dealkylation sites (N-methyl/N-ethyl adjacent to an activating group) is 1. The van der Waals surface area contributed by atoms with Crippen molar-refractivity contribution in [1.82, 2.24) is 25.3 Å². The fourth-order valence-electron chi connectivity index (χ4n) is 9.43. The van der Waals surface area contributed by atoms with Crippen LogP contribution in [0, 0.1) is 12.8 Å². The molecular weight excluding hydrogens is 945 g/mol. The summed E-state index contributed by atoms with van der Waals surface area (Å²) in [4.78, 5) is 54.3. The number of amidine groups is 1. The van der Waals surface area contributed by atoms with Gasteiger partial charge in [0.15, 0.2) is 11.3 Å². The summed E-state index contributed by atoms with van der Waals surface area (Å²) in [6, 6.07) is 34.2. The van der Waals surface area contributed by atoms with E-state index in [-0.39, 0.29) is 61.4 Å². The summed E-state index contributed by atoms with van der Waals surface area (Å²) in [5.41, 5.74) is 8.71. The molecule has 1 saturated heterocycles. The maximum absolute atomic E-state index is 14.4. The Labute approximate surface area is 430 Å². The average Bonchev–Trinajstić information content (AvgIpc) is 4.20. The van der Waals surface area contributed by atoms with Gasteiger partial charge >= 0.3 is 0 Å². The zero-order chi connectivity index (χ0) is 51.6. The van der Waals surface area contributed by atoms with E-state index in [4.69, 9.17) is 23.7 Å². The number of allylic oxidation sites excluding steroid dienone is 1. The van der Waals surface area contributed by atoms with Gasteiger partial charge in [-0.25, -0.2) is 9.98 Å². The molecule has 6 aromatic rings. The van der Waals surface area contributed by atoms with Crippen molar-refractivity contribution in [1.29, 1.82) is 0 Å². The van der Waals surface area contributed by atoms with Crippen LogP contribution >= 0.6 is 11.3 Å². The van der Waals surface area contributed by atoms with E-state index in [2.05, 4.69) is 34.5 Å². The smallest absolute Gasteiger partial charge is 0.257 e. The molecule has 16 heteroatoms. The van der Waals surface area contributed by atoms with Gasteiger partial charge in [0.1, 0.15) is 36.5 Å². The largest absolute Gasteiger partial charge is 0.508 e. The second kappa shape index (κ2) is 23.6. The number of β-amino-alcohol motifs (C(OH)–C–C–N with tert-alkyl or cyclic N) is 1. The van der Waals surface area contributed by atoms with Gasteiger partial charge in [0.05, 0.1) is 41.4 Å². The number of rotatable bonds is 22. The minimum Gasteiger partial charge on any atom is -0.508 e. The fraction of sp³-hybridized carbons (Fsp3) is 0.368. The number of carbonyl (C=O) groups is 3. The summed E-state index contributed by atoms with van der Waals surface area (Å²) in [6.45, 7) is 11.3. The van der Waals surface area contributed by atoms with Gasteiger partial charge in [-0.3, -0.25) is 14.4 Å². The number of phenols is 1. The van der Waals surface area contributed by atoms with Gasteiger partial charge in [0, 0.05) is 39.1 Å². The standard InChI is InChI=1S/C57H64N6O9S/c1-7-46(38-12-9-8-10-13-38)52(39-17-23-43(64)24-18-39)40-19-25-45(26-20-40)70-29-27-62(6)50(66)14-11-28-69-30-31-71-49-33-48(72-61-49)51(36(2)3)55(67)63-34-44(65)32-47(63)54-59-56(68)57(5,60-54)42-21-15-41(16-22-42)53-37(4)58-35-73-53/h8-10,12-13,15-26,33,35-36,44,47,51,64-65H,7,11,14,27-32,34H2,1-6H3,(H,59,60,68)/b52-46+/t44-,47+,51-,57-/m1/s1. The van der Waals surface area contributed by atoms with Crippen LogP contribution in [0.25, 0.3) is 21.6 Å². The highest BCUT2D eigenvalue weighted by Gasteiger charge is 2.48. The molecule has 2 aliphatic rings. The lowest BCUT2D eigenvalue weighted by molar-refractivity contribution is -0.134. The lowest BCUT2D eigenvalue weighted by Crippen LogP contribution is -2.48. The quantitative estimate of drug-likeness (QED) is 0.0435. The Morgan fingerprint density at radius 1 is 0.932 bits per heavy atom. The van der Waals surface area contributed by atoms with Crippen LogP contribution in [-0.4, -0.2) is 112 Å². The van der Waals surface area contributed by atoms with Crippen molar-refractivity contribution in [2.24, 2.45) is 10.9 Å². The number of aliphatic imine (C=N–C) groups is 1. The van der Waals surface area contributed by atoms with E-state index in [0.717, 1.165) is 44.8 Å². The minimum absolute atomic E-state index is 0.0155. The van der Waals surface area contributed by atoms with Crippen LogP contribution in [0.3, 0.4) is 0 Å². The number of hydrogen-bond donors (Lipinski definition) is 3. The van der Waals surface area contributed by atoms with E-state index >= 15 is 0 Å². The van der Waals surface area contributed by atoms with E-state index < -0.39 is 23.6 Å². The molecule has 0 radical (unpaired) electrons. The van der Waals surface area contributed by atoms with Crippen LogP contribution in [-0.2, 0) is 24.7 Å². The van der Waals surface area contributed by atoms with Gasteiger partial charge < -0.3 is 44.1 Å². The highest BCUT2D eigenvalue weighted by atomic mass is 32.1. The SMILES string of the molecule is CC/C(=C(/c1ccc(O)cc1)c1ccc(OCCN(C)C(=O)CCCOCCOc2cc([C@H](C(=O)N3C[C@H](O)C[C@H]3C3=N[C@](C)(c4ccc(-c5scnc5C)cc4)C(=O)N3)C(C)C)on2)cc1)c1ccccc1. The highest BCUT2D eigenvalue weighted by Crippen LogP contribution is 2.38. The van der Waals surface area contributed by atoms with Crippen molar-refractivity contribution in [3.63, 3.8) is 0 Å². The summed E-state index contributed by atoms with van der Waals surface area (Å²) < 4.78 is 23.3. The lowest BCUT2D eigenvalue weighted by Gasteiger charge is -2.29. The van der Waals surface area contributed by atoms with Gasteiger partial charge in [-0.15, -0.1) is 11.3 Å². The number of thiazole rings is 1. The number of nitrogens with zero attached hydrogens (tertiary/aromatic N) is 5. The number of aryl methyl sites for hydroxylation is 1. The number of ether oxygens (including phenoxy) is 3. The number of carbonyl (C=O) groups excluding carboxylic acids is 3. The van der Waals surface area contributed by atoms with Gasteiger partial charge in [-0.05, 0) is 101 Å². The molecule has 0 unspecified atom stereocenters. The van der Waals surface area contributed by atoms with E-state index in [1.807, 2.05) is 99.6 Å². The van der Waals surface area contributed by atoms with Crippen molar-refractivity contribution in [2.45, 2.75) is 83.9 Å². The average molecular weight is 1010 g/mol. The summed E-state index contributed by atoms with van der Waals surface area (Å²) in [6.07, 6.45) is 1.07. The number of nitrogens with one attached hydrogen (secondary N) is 1. The molecule has 1 fully saturated rings. The number of amides is 3. The Morgan fingerprint density at radius 3 is 2.32 bits per heavy atom. The summed E-state index contributed by atoms with van der Waals surface area (Å²) >= 11 is 1.56. The molecule has 3 amide bonds. The predicted octanol–water partition coefficient (Wildman–Crippen LogP) is 9.04. The van der Waals surface area contributed by atoms with Crippen molar-refractivity contribution in [3.8, 4) is 27.8 Å². The van der Waals surface area contributed by atoms with Gasteiger partial charge in [-0.1, -0.05) is 99.6 Å². The maximum atomic E-state index is 14.4. The number of aromatic nitrogens is 2. The molecule has 4 atom stereocenters. The van der Waals surface area contributed by atoms with Crippen molar-refractivity contribution in [3.05, 3.63) is 148 Å². The van der Waals surface area contributed by atoms with E-state index in [1.54, 1.807) is 58.8 Å². The normalized spacial score (nSPS) is 18.3. The zero-order valence-electron chi connectivity index (χ0n) is 42.2. The Balaban J connectivity index is 0.767. The Hall–Kier alpha value is -7.14. The number of aliphatic hydroxyl groups is 1. The maximum Gasteiger partial charge on any atom is 0.257 e. The predicted molar refractivity (Wildman–Crippen MR) is 281 cm³/mol. The molecule has 0 aliphatic carbocycles. The number of phenolic OH excluding ortho intramolecular Hbond substituents is 1. The van der Waals surface area contributed by atoms with Gasteiger partial charge in [0.25, 0.3) is 11.8 Å². The molecule has 4 aromatic carbocycles. The molecule has 0 bridgehead atoms. The molecule has 8 rings (SSSR count). The Bertz CT molecular complexity index is 2900. The highest BCUT2D eigenvalue weighted by molar-refractivity contribution is 7.13. The molecule has 4 heterocycles. The van der Waals surface area contributed by atoms with Crippen LogP contribution in [0.5, 0.6) is 17.4 Å². The van der Waals surface area contributed by atoms with E-state index in [1.165, 1.54) is 5.57 Å². The Morgan fingerprint density at radius 2 is 1.64 bits per heavy atom. The van der Waals surface area contributed by atoms with Crippen LogP contribution < -0.4 is 14.8 Å². The summed E-state index contributed by atoms with van der Waals surface area (Å²) in [5, 5.41) is 27.8. The first kappa shape index (κ1) is 52.2. The zero-order valence-corrected chi connectivity index (χ0v) is 43.1. The van der Waals surface area contributed by atoms with Crippen molar-refractivity contribution in [2.75, 3.05) is 46.6 Å². The van der Waals surface area contributed by atoms with Crippen molar-refractivity contribution < 1.29 is 43.3 Å². The molecule has 73 heavy (non-hydrogen) atoms. The first-order valence-corrected chi connectivity index (χ1v) is 25.7. The topological polar surface area (TPSA) is 189 Å².